The van der Waals surface area contributed by atoms with Crippen LogP contribution >= 0.6 is 0 Å². The fraction of sp³-hybridized carbons (Fsp3) is 0.647. The molecule has 1 saturated carbocycles. The Kier molecular flexibility index (Phi) is 4.51. The molecular weight excluding hydrogens is 234 g/mol. The molecular formula is C17H27NO. The topological polar surface area (TPSA) is 35.2 Å². The van der Waals surface area contributed by atoms with E-state index in [1.165, 1.54) is 12.0 Å². The van der Waals surface area contributed by atoms with E-state index >= 15 is 0 Å². The first-order chi connectivity index (χ1) is 9.16. The number of nitrogens with two attached hydrogens (primary N) is 1. The van der Waals surface area contributed by atoms with Crippen molar-refractivity contribution >= 4 is 0 Å². The van der Waals surface area contributed by atoms with E-state index in [-0.39, 0.29) is 11.5 Å². The van der Waals surface area contributed by atoms with Crippen LogP contribution in [0.25, 0.3) is 0 Å². The highest BCUT2D eigenvalue weighted by atomic mass is 16.5. The SMILES string of the molecule is CCCc1ccc(OC2CC(N)C2(CC)CC)cc1. The van der Waals surface area contributed by atoms with Gasteiger partial charge in [-0.3, -0.25) is 0 Å². The highest BCUT2D eigenvalue weighted by Crippen LogP contribution is 2.47. The van der Waals surface area contributed by atoms with Gasteiger partial charge in [0, 0.05) is 17.9 Å². The molecule has 19 heavy (non-hydrogen) atoms. The van der Waals surface area contributed by atoms with Gasteiger partial charge in [0.1, 0.15) is 11.9 Å². The molecule has 2 atom stereocenters. The highest BCUT2D eigenvalue weighted by Gasteiger charge is 2.52. The zero-order valence-corrected chi connectivity index (χ0v) is 12.5. The Balaban J connectivity index is 2.01. The van der Waals surface area contributed by atoms with E-state index in [1.807, 2.05) is 0 Å². The van der Waals surface area contributed by atoms with Crippen molar-refractivity contribution in [2.75, 3.05) is 0 Å². The van der Waals surface area contributed by atoms with Crippen LogP contribution < -0.4 is 10.5 Å². The van der Waals surface area contributed by atoms with E-state index in [0.717, 1.165) is 31.4 Å². The number of rotatable bonds is 6. The Morgan fingerprint density at radius 3 is 2.26 bits per heavy atom. The van der Waals surface area contributed by atoms with Crippen molar-refractivity contribution in [3.05, 3.63) is 29.8 Å². The Morgan fingerprint density at radius 1 is 1.16 bits per heavy atom. The Morgan fingerprint density at radius 2 is 1.79 bits per heavy atom. The van der Waals surface area contributed by atoms with Crippen LogP contribution in [-0.4, -0.2) is 12.1 Å². The molecule has 1 aromatic carbocycles. The third-order valence-electron chi connectivity index (χ3n) is 4.90. The van der Waals surface area contributed by atoms with Gasteiger partial charge in [-0.1, -0.05) is 39.3 Å². The summed E-state index contributed by atoms with van der Waals surface area (Å²) in [5.74, 6) is 0.989. The molecule has 2 unspecified atom stereocenters. The standard InChI is InChI=1S/C17H27NO/c1-4-7-13-8-10-14(11-9-13)19-16-12-15(18)17(16,5-2)6-3/h8-11,15-16H,4-7,12,18H2,1-3H3. The molecule has 2 N–H and O–H groups in total. The third kappa shape index (κ3) is 2.64. The first-order valence-corrected chi connectivity index (χ1v) is 7.67. The summed E-state index contributed by atoms with van der Waals surface area (Å²) in [7, 11) is 0. The van der Waals surface area contributed by atoms with E-state index in [0.29, 0.717) is 6.04 Å². The minimum Gasteiger partial charge on any atom is -0.490 e. The fourth-order valence-electron chi connectivity index (χ4n) is 3.36. The summed E-state index contributed by atoms with van der Waals surface area (Å²) in [6, 6.07) is 8.86. The van der Waals surface area contributed by atoms with Crippen LogP contribution in [0.5, 0.6) is 5.75 Å². The number of ether oxygens (including phenoxy) is 1. The number of hydrogen-bond donors (Lipinski definition) is 1. The van der Waals surface area contributed by atoms with Gasteiger partial charge in [0.15, 0.2) is 0 Å². The molecule has 0 spiro atoms. The summed E-state index contributed by atoms with van der Waals surface area (Å²) in [4.78, 5) is 0. The summed E-state index contributed by atoms with van der Waals surface area (Å²) in [5, 5.41) is 0. The van der Waals surface area contributed by atoms with Crippen LogP contribution in [0.4, 0.5) is 0 Å². The van der Waals surface area contributed by atoms with Gasteiger partial charge < -0.3 is 10.5 Å². The maximum absolute atomic E-state index is 6.21. The van der Waals surface area contributed by atoms with Crippen LogP contribution in [0.3, 0.4) is 0 Å². The number of benzene rings is 1. The van der Waals surface area contributed by atoms with Crippen molar-refractivity contribution in [1.29, 1.82) is 0 Å². The first-order valence-electron chi connectivity index (χ1n) is 7.67. The molecule has 0 aliphatic heterocycles. The van der Waals surface area contributed by atoms with Crippen LogP contribution in [-0.2, 0) is 6.42 Å². The molecule has 0 amide bonds. The lowest BCUT2D eigenvalue weighted by atomic mass is 9.59. The molecule has 0 radical (unpaired) electrons. The monoisotopic (exact) mass is 261 g/mol. The van der Waals surface area contributed by atoms with Crippen molar-refractivity contribution in [2.45, 2.75) is 65.0 Å². The molecule has 0 aromatic heterocycles. The average Bonchev–Trinajstić information content (AvgIpc) is 2.42. The third-order valence-corrected chi connectivity index (χ3v) is 4.90. The fourth-order valence-corrected chi connectivity index (χ4v) is 3.36. The highest BCUT2D eigenvalue weighted by molar-refractivity contribution is 5.28. The Hall–Kier alpha value is -1.02. The lowest BCUT2D eigenvalue weighted by molar-refractivity contribution is -0.0722. The second-order valence-electron chi connectivity index (χ2n) is 5.78. The quantitative estimate of drug-likeness (QED) is 0.842. The smallest absolute Gasteiger partial charge is 0.119 e. The molecule has 2 rings (SSSR count). The lowest BCUT2D eigenvalue weighted by Gasteiger charge is -2.53. The molecule has 106 valence electrons. The van der Waals surface area contributed by atoms with Crippen molar-refractivity contribution in [2.24, 2.45) is 11.1 Å². The first kappa shape index (κ1) is 14.4. The van der Waals surface area contributed by atoms with Crippen molar-refractivity contribution in [1.82, 2.24) is 0 Å². The van der Waals surface area contributed by atoms with Crippen molar-refractivity contribution < 1.29 is 4.74 Å². The van der Waals surface area contributed by atoms with E-state index < -0.39 is 0 Å². The normalized spacial score (nSPS) is 24.8. The number of aryl methyl sites for hydroxylation is 1. The van der Waals surface area contributed by atoms with Gasteiger partial charge in [0.05, 0.1) is 0 Å². The van der Waals surface area contributed by atoms with Crippen LogP contribution in [0.1, 0.15) is 52.0 Å². The van der Waals surface area contributed by atoms with E-state index in [1.54, 1.807) is 0 Å². The summed E-state index contributed by atoms with van der Waals surface area (Å²) in [6.45, 7) is 6.66. The van der Waals surface area contributed by atoms with Crippen LogP contribution in [0.2, 0.25) is 0 Å². The van der Waals surface area contributed by atoms with Gasteiger partial charge in [0.2, 0.25) is 0 Å². The molecule has 1 aliphatic carbocycles. The van der Waals surface area contributed by atoms with Gasteiger partial charge in [-0.2, -0.15) is 0 Å². The van der Waals surface area contributed by atoms with Crippen molar-refractivity contribution in [3.8, 4) is 5.75 Å². The van der Waals surface area contributed by atoms with Crippen LogP contribution in [0.15, 0.2) is 24.3 Å². The van der Waals surface area contributed by atoms with E-state index in [4.69, 9.17) is 10.5 Å². The molecule has 0 bridgehead atoms. The van der Waals surface area contributed by atoms with Gasteiger partial charge in [0.25, 0.3) is 0 Å². The minimum absolute atomic E-state index is 0.183. The second kappa shape index (κ2) is 5.96. The molecule has 1 fully saturated rings. The maximum atomic E-state index is 6.21. The van der Waals surface area contributed by atoms with Crippen LogP contribution in [0, 0.1) is 5.41 Å². The minimum atomic E-state index is 0.183. The maximum Gasteiger partial charge on any atom is 0.119 e. The second-order valence-corrected chi connectivity index (χ2v) is 5.78. The summed E-state index contributed by atoms with van der Waals surface area (Å²) >= 11 is 0. The average molecular weight is 261 g/mol. The molecule has 0 heterocycles. The van der Waals surface area contributed by atoms with E-state index in [9.17, 15) is 0 Å². The zero-order chi connectivity index (χ0) is 13.9. The Bertz CT molecular complexity index is 394. The lowest BCUT2D eigenvalue weighted by Crippen LogP contribution is -2.62. The predicted octanol–water partition coefficient (Wildman–Crippen LogP) is 3.92. The Labute approximate surface area is 117 Å². The zero-order valence-electron chi connectivity index (χ0n) is 12.5. The molecule has 1 aromatic rings. The summed E-state index contributed by atoms with van der Waals surface area (Å²) < 4.78 is 6.17. The predicted molar refractivity (Wildman–Crippen MR) is 80.5 cm³/mol. The largest absolute Gasteiger partial charge is 0.490 e. The summed E-state index contributed by atoms with van der Waals surface area (Å²) in [5.41, 5.74) is 7.78. The van der Waals surface area contributed by atoms with E-state index in [2.05, 4.69) is 45.0 Å². The molecule has 2 heteroatoms. The van der Waals surface area contributed by atoms with Gasteiger partial charge in [-0.25, -0.2) is 0 Å². The van der Waals surface area contributed by atoms with Gasteiger partial charge in [-0.05, 0) is 37.0 Å². The molecule has 0 saturated heterocycles. The van der Waals surface area contributed by atoms with Crippen molar-refractivity contribution in [3.63, 3.8) is 0 Å². The van der Waals surface area contributed by atoms with Gasteiger partial charge >= 0.3 is 0 Å². The number of hydrogen-bond acceptors (Lipinski definition) is 2. The molecule has 1 aliphatic rings. The summed E-state index contributed by atoms with van der Waals surface area (Å²) in [6.07, 6.45) is 5.80. The van der Waals surface area contributed by atoms with Gasteiger partial charge in [-0.15, -0.1) is 0 Å². The molecule has 2 nitrogen and oxygen atoms in total.